The molecule has 37 heavy (non-hydrogen) atoms. The predicted octanol–water partition coefficient (Wildman–Crippen LogP) is 2.18. The molecule has 0 bridgehead atoms. The number of carbonyl (C=O) groups is 1. The van der Waals surface area contributed by atoms with Crippen LogP contribution in [0.2, 0.25) is 0 Å². The number of rotatable bonds is 11. The Morgan fingerprint density at radius 2 is 1.95 bits per heavy atom. The number of nitrogens with one attached hydrogen (secondary N) is 2. The molecule has 10 nitrogen and oxygen atoms in total. The number of urea groups is 1. The monoisotopic (exact) mass is 513 g/mol. The summed E-state index contributed by atoms with van der Waals surface area (Å²) in [5.41, 5.74) is 1.96. The summed E-state index contributed by atoms with van der Waals surface area (Å²) in [6.45, 7) is 11.0. The van der Waals surface area contributed by atoms with Gasteiger partial charge in [0.05, 0.1) is 13.4 Å². The van der Waals surface area contributed by atoms with Crippen molar-refractivity contribution in [2.75, 3.05) is 78.0 Å². The number of likely N-dealkylation sites (tertiary alicyclic amines) is 1. The third kappa shape index (κ3) is 7.59. The van der Waals surface area contributed by atoms with E-state index in [-0.39, 0.29) is 12.1 Å². The minimum Gasteiger partial charge on any atom is -0.493 e. The van der Waals surface area contributed by atoms with Gasteiger partial charge in [0.2, 0.25) is 0 Å². The molecule has 0 atom stereocenters. The molecule has 2 aliphatic rings. The molecule has 2 amide bonds. The summed E-state index contributed by atoms with van der Waals surface area (Å²) >= 11 is 0. The Bertz CT molecular complexity index is 984. The van der Waals surface area contributed by atoms with Gasteiger partial charge in [0.25, 0.3) is 0 Å². The maximum Gasteiger partial charge on any atom is 0.322 e. The summed E-state index contributed by atoms with van der Waals surface area (Å²) in [6, 6.07) is 5.92. The van der Waals surface area contributed by atoms with E-state index in [1.54, 1.807) is 7.11 Å². The molecular weight excluding hydrogens is 470 g/mol. The summed E-state index contributed by atoms with van der Waals surface area (Å²) in [7, 11) is 3.79. The van der Waals surface area contributed by atoms with Crippen molar-refractivity contribution in [2.24, 2.45) is 0 Å². The predicted molar refractivity (Wildman–Crippen MR) is 146 cm³/mol. The molecule has 10 heteroatoms. The molecule has 0 spiro atoms. The van der Waals surface area contributed by atoms with E-state index < -0.39 is 0 Å². The number of hydrogen-bond acceptors (Lipinski definition) is 7. The second kappa shape index (κ2) is 13.6. The molecule has 3 heterocycles. The molecule has 2 N–H and O–H groups in total. The summed E-state index contributed by atoms with van der Waals surface area (Å²) in [5.74, 6) is 1.36. The Balaban J connectivity index is 1.40. The zero-order chi connectivity index (χ0) is 26.0. The number of carbonyl (C=O) groups excluding carboxylic acids is 1. The number of piperidine rings is 1. The van der Waals surface area contributed by atoms with Crippen LogP contribution in [0.3, 0.4) is 0 Å². The van der Waals surface area contributed by atoms with Gasteiger partial charge in [-0.05, 0) is 58.5 Å². The highest BCUT2D eigenvalue weighted by molar-refractivity contribution is 5.93. The van der Waals surface area contributed by atoms with E-state index in [1.165, 1.54) is 0 Å². The fraction of sp³-hybridized carbons (Fsp3) is 0.630. The lowest BCUT2D eigenvalue weighted by molar-refractivity contribution is 0.188. The molecule has 0 saturated carbocycles. The number of piperazine rings is 1. The van der Waals surface area contributed by atoms with Crippen LogP contribution < -0.4 is 25.0 Å². The Kier molecular flexibility index (Phi) is 10.0. The lowest BCUT2D eigenvalue weighted by atomic mass is 10.0. The maximum atomic E-state index is 13.5. The van der Waals surface area contributed by atoms with Crippen molar-refractivity contribution in [2.45, 2.75) is 38.8 Å². The third-order valence-electron chi connectivity index (χ3n) is 7.34. The Morgan fingerprint density at radius 3 is 2.65 bits per heavy atom. The summed E-state index contributed by atoms with van der Waals surface area (Å²) in [6.07, 6.45) is 6.40. The van der Waals surface area contributed by atoms with Crippen LogP contribution in [-0.4, -0.2) is 105 Å². The molecule has 1 aromatic heterocycles. The number of aromatic nitrogens is 2. The number of benzene rings is 1. The average Bonchev–Trinajstić information content (AvgIpc) is 3.33. The van der Waals surface area contributed by atoms with Crippen LogP contribution in [-0.2, 0) is 6.54 Å². The van der Waals surface area contributed by atoms with Gasteiger partial charge in [-0.2, -0.15) is 0 Å². The van der Waals surface area contributed by atoms with Crippen molar-refractivity contribution < 1.29 is 14.3 Å². The van der Waals surface area contributed by atoms with Crippen molar-refractivity contribution >= 4 is 11.7 Å². The number of amides is 2. The van der Waals surface area contributed by atoms with Crippen molar-refractivity contribution in [3.8, 4) is 11.5 Å². The van der Waals surface area contributed by atoms with Gasteiger partial charge in [0.15, 0.2) is 11.5 Å². The fourth-order valence-electron chi connectivity index (χ4n) is 5.04. The van der Waals surface area contributed by atoms with Crippen LogP contribution in [0.1, 0.15) is 25.0 Å². The topological polar surface area (TPSA) is 87.1 Å². The number of ether oxygens (including phenoxy) is 2. The first-order valence-electron chi connectivity index (χ1n) is 13.5. The zero-order valence-electron chi connectivity index (χ0n) is 22.6. The van der Waals surface area contributed by atoms with Gasteiger partial charge in [-0.25, -0.2) is 9.78 Å². The maximum absolute atomic E-state index is 13.5. The number of anilines is 1. The molecular formula is C27H43N7O3. The molecule has 2 saturated heterocycles. The molecule has 2 fully saturated rings. The number of methoxy groups -OCH3 is 1. The van der Waals surface area contributed by atoms with Crippen LogP contribution in [0.15, 0.2) is 30.7 Å². The largest absolute Gasteiger partial charge is 0.493 e. The molecule has 1 aromatic carbocycles. The van der Waals surface area contributed by atoms with Crippen LogP contribution >= 0.6 is 0 Å². The van der Waals surface area contributed by atoms with E-state index >= 15 is 0 Å². The highest BCUT2D eigenvalue weighted by Crippen LogP contribution is 2.34. The first-order chi connectivity index (χ1) is 18.0. The lowest BCUT2D eigenvalue weighted by Gasteiger charge is -2.37. The van der Waals surface area contributed by atoms with Gasteiger partial charge in [-0.15, -0.1) is 0 Å². The SMILES string of the molecule is COc1cc(N(C(=O)NCCCn2cncc2C)C2CCN(C)CC2)ccc1OCCN1CCNCC1. The summed E-state index contributed by atoms with van der Waals surface area (Å²) in [5, 5.41) is 6.53. The Labute approximate surface area is 220 Å². The van der Waals surface area contributed by atoms with Gasteiger partial charge in [0, 0.05) is 75.5 Å². The standard InChI is InChI=1S/C27H43N7O3/c1-22-20-29-21-33(22)12-4-9-30-27(35)34(23-7-13-31(2)14-8-23)24-5-6-25(26(19-24)36-3)37-18-17-32-15-10-28-11-16-32/h5-6,19-21,23,28H,4,7-18H2,1-3H3,(H,30,35). The fourth-order valence-corrected chi connectivity index (χ4v) is 5.04. The van der Waals surface area contributed by atoms with Crippen LogP contribution in [0, 0.1) is 6.92 Å². The zero-order valence-corrected chi connectivity index (χ0v) is 22.6. The summed E-state index contributed by atoms with van der Waals surface area (Å²) < 4.78 is 13.9. The number of imidazole rings is 1. The quantitative estimate of drug-likeness (QED) is 0.446. The molecule has 4 rings (SSSR count). The van der Waals surface area contributed by atoms with Crippen LogP contribution in [0.25, 0.3) is 0 Å². The molecule has 204 valence electrons. The summed E-state index contributed by atoms with van der Waals surface area (Å²) in [4.78, 5) is 24.3. The van der Waals surface area contributed by atoms with Crippen LogP contribution in [0.4, 0.5) is 10.5 Å². The van der Waals surface area contributed by atoms with E-state index in [0.717, 1.165) is 83.0 Å². The Hall–Kier alpha value is -2.82. The van der Waals surface area contributed by atoms with Crippen molar-refractivity contribution in [3.05, 3.63) is 36.4 Å². The van der Waals surface area contributed by atoms with Gasteiger partial charge in [0.1, 0.15) is 6.61 Å². The highest BCUT2D eigenvalue weighted by Gasteiger charge is 2.29. The second-order valence-corrected chi connectivity index (χ2v) is 9.99. The first kappa shape index (κ1) is 27.2. The highest BCUT2D eigenvalue weighted by atomic mass is 16.5. The van der Waals surface area contributed by atoms with Crippen LogP contribution in [0.5, 0.6) is 11.5 Å². The second-order valence-electron chi connectivity index (χ2n) is 9.99. The van der Waals surface area contributed by atoms with E-state index in [2.05, 4.69) is 37.0 Å². The smallest absolute Gasteiger partial charge is 0.322 e. The minimum atomic E-state index is -0.0636. The van der Waals surface area contributed by atoms with E-state index in [4.69, 9.17) is 9.47 Å². The Morgan fingerprint density at radius 1 is 1.16 bits per heavy atom. The van der Waals surface area contributed by atoms with Gasteiger partial charge >= 0.3 is 6.03 Å². The number of hydrogen-bond donors (Lipinski definition) is 2. The van der Waals surface area contributed by atoms with Crippen molar-refractivity contribution in [3.63, 3.8) is 0 Å². The molecule has 2 aromatic rings. The van der Waals surface area contributed by atoms with Gasteiger partial charge < -0.3 is 29.6 Å². The number of aryl methyl sites for hydroxylation is 2. The molecule has 0 radical (unpaired) electrons. The average molecular weight is 514 g/mol. The molecule has 0 unspecified atom stereocenters. The molecule has 0 aliphatic carbocycles. The van der Waals surface area contributed by atoms with E-state index in [1.807, 2.05) is 42.5 Å². The van der Waals surface area contributed by atoms with Crippen molar-refractivity contribution in [1.82, 2.24) is 30.0 Å². The third-order valence-corrected chi connectivity index (χ3v) is 7.34. The lowest BCUT2D eigenvalue weighted by Crippen LogP contribution is -2.50. The minimum absolute atomic E-state index is 0.0636. The molecule has 2 aliphatic heterocycles. The normalized spacial score (nSPS) is 17.5. The van der Waals surface area contributed by atoms with E-state index in [0.29, 0.717) is 24.7 Å². The van der Waals surface area contributed by atoms with Crippen molar-refractivity contribution in [1.29, 1.82) is 0 Å². The van der Waals surface area contributed by atoms with Gasteiger partial charge in [-0.3, -0.25) is 9.80 Å². The number of nitrogens with zero attached hydrogens (tertiary/aromatic N) is 5. The van der Waals surface area contributed by atoms with Gasteiger partial charge in [-0.1, -0.05) is 0 Å². The van der Waals surface area contributed by atoms with E-state index in [9.17, 15) is 4.79 Å². The first-order valence-corrected chi connectivity index (χ1v) is 13.5.